The van der Waals surface area contributed by atoms with Crippen LogP contribution in [0, 0.1) is 0 Å². The van der Waals surface area contributed by atoms with Crippen LogP contribution in [0.5, 0.6) is 5.75 Å². The van der Waals surface area contributed by atoms with Crippen molar-refractivity contribution >= 4 is 45.5 Å². The quantitative estimate of drug-likeness (QED) is 0.252. The van der Waals surface area contributed by atoms with Crippen LogP contribution in [0.4, 0.5) is 18.0 Å². The number of urea groups is 1. The number of carbonyl (C=O) groups is 2. The third-order valence-electron chi connectivity index (χ3n) is 12.3. The molecule has 0 spiro atoms. The van der Waals surface area contributed by atoms with Gasteiger partial charge in [0.1, 0.15) is 11.8 Å². The zero-order chi connectivity index (χ0) is 37.9. The first-order valence-electron chi connectivity index (χ1n) is 18.7. The molecular weight excluding hydrogens is 725 g/mol. The molecule has 12 nitrogen and oxygen atoms in total. The number of H-pyrrole nitrogens is 1. The van der Waals surface area contributed by atoms with Crippen molar-refractivity contribution in [1.82, 2.24) is 39.5 Å². The van der Waals surface area contributed by atoms with E-state index >= 15 is 0 Å². The fourth-order valence-corrected chi connectivity index (χ4v) is 9.53. The Bertz CT molecular complexity index is 2110. The Balaban J connectivity index is 0.970. The van der Waals surface area contributed by atoms with Gasteiger partial charge in [0.05, 0.1) is 33.3 Å². The maximum Gasteiger partial charge on any atom is 0.420 e. The van der Waals surface area contributed by atoms with Crippen molar-refractivity contribution in [2.75, 3.05) is 46.3 Å². The summed E-state index contributed by atoms with van der Waals surface area (Å²) in [5.74, 6) is -1.47. The van der Waals surface area contributed by atoms with Crippen LogP contribution in [0.25, 0.3) is 21.9 Å². The number of halogens is 4. The molecule has 54 heavy (non-hydrogen) atoms. The first-order valence-corrected chi connectivity index (χ1v) is 19.1. The summed E-state index contributed by atoms with van der Waals surface area (Å²) in [6.45, 7) is 2.80. The van der Waals surface area contributed by atoms with E-state index in [1.807, 2.05) is 24.3 Å². The van der Waals surface area contributed by atoms with E-state index in [-0.39, 0.29) is 42.7 Å². The normalized spacial score (nSPS) is 23.7. The smallest absolute Gasteiger partial charge is 0.420 e. The van der Waals surface area contributed by atoms with Gasteiger partial charge in [0.25, 0.3) is 0 Å². The Morgan fingerprint density at radius 1 is 0.963 bits per heavy atom. The maximum atomic E-state index is 14.2. The standard InChI is InChI=1S/C38H44ClF3N8O4/c1-46-24-6-7-25(46)20-26(19-24)47-12-14-48(15-13-47)35(52)31(18-22-16-28(38(40,41)42)34(51)29(39)17-22)44-36(53)49-10-8-23(9-11-49)50-32-21-43-30-5-3-2-4-27(30)33(32)45-37(50)54/h2-5,16-17,21,23-26,31,51H,6-15,18-20H2,1H3,(H,44,53)(H,45,54). The number of nitrogens with zero attached hydrogens (tertiary/aromatic N) is 6. The van der Waals surface area contributed by atoms with Crippen LogP contribution in [0.2, 0.25) is 5.02 Å². The number of nitrogens with one attached hydrogen (secondary N) is 2. The number of hydrogen-bond acceptors (Lipinski definition) is 7. The zero-order valence-corrected chi connectivity index (χ0v) is 30.7. The molecule has 6 heterocycles. The van der Waals surface area contributed by atoms with Crippen molar-refractivity contribution in [3.8, 4) is 5.75 Å². The van der Waals surface area contributed by atoms with E-state index in [2.05, 4.69) is 32.1 Å². The van der Waals surface area contributed by atoms with Crippen LogP contribution in [0.15, 0.2) is 47.4 Å². The van der Waals surface area contributed by atoms with Gasteiger partial charge in [0, 0.05) is 75.2 Å². The first-order chi connectivity index (χ1) is 25.9. The summed E-state index contributed by atoms with van der Waals surface area (Å²) in [6, 6.07) is 9.25. The van der Waals surface area contributed by atoms with Gasteiger partial charge in [0.2, 0.25) is 5.91 Å². The van der Waals surface area contributed by atoms with E-state index in [1.165, 1.54) is 18.9 Å². The number of para-hydroxylation sites is 1. The predicted octanol–water partition coefficient (Wildman–Crippen LogP) is 4.98. The van der Waals surface area contributed by atoms with Crippen molar-refractivity contribution in [1.29, 1.82) is 0 Å². The van der Waals surface area contributed by atoms with Gasteiger partial charge in [-0.05, 0) is 69.3 Å². The van der Waals surface area contributed by atoms with Crippen molar-refractivity contribution in [3.05, 3.63) is 69.2 Å². The average Bonchev–Trinajstić information content (AvgIpc) is 3.58. The third-order valence-corrected chi connectivity index (χ3v) is 12.6. The fourth-order valence-electron chi connectivity index (χ4n) is 9.29. The monoisotopic (exact) mass is 768 g/mol. The number of fused-ring (bicyclic) bond motifs is 5. The average molecular weight is 769 g/mol. The Kier molecular flexibility index (Phi) is 9.76. The number of benzene rings is 2. The number of phenolic OH excluding ortho intramolecular Hbond substituents is 1. The molecule has 3 N–H and O–H groups in total. The van der Waals surface area contributed by atoms with Crippen molar-refractivity contribution in [2.45, 2.75) is 81.3 Å². The number of rotatable bonds is 6. The fraction of sp³-hybridized carbons (Fsp3) is 0.526. The van der Waals surface area contributed by atoms with Crippen LogP contribution in [0.3, 0.4) is 0 Å². The summed E-state index contributed by atoms with van der Waals surface area (Å²) in [7, 11) is 2.20. The van der Waals surface area contributed by atoms with Gasteiger partial charge in [-0.2, -0.15) is 13.2 Å². The Morgan fingerprint density at radius 2 is 1.65 bits per heavy atom. The lowest BCUT2D eigenvalue weighted by molar-refractivity contribution is -0.138. The molecule has 3 atom stereocenters. The zero-order valence-electron chi connectivity index (χ0n) is 30.0. The van der Waals surface area contributed by atoms with Gasteiger partial charge in [-0.25, -0.2) is 9.59 Å². The largest absolute Gasteiger partial charge is 0.506 e. The number of imidazole rings is 1. The molecule has 8 rings (SSSR count). The molecule has 2 bridgehead atoms. The predicted molar refractivity (Wildman–Crippen MR) is 198 cm³/mol. The van der Waals surface area contributed by atoms with Crippen molar-refractivity contribution in [2.24, 2.45) is 0 Å². The van der Waals surface area contributed by atoms with Gasteiger partial charge >= 0.3 is 17.9 Å². The number of alkyl halides is 3. The van der Waals surface area contributed by atoms with Crippen LogP contribution in [-0.2, 0) is 17.4 Å². The Morgan fingerprint density at radius 3 is 2.33 bits per heavy atom. The highest BCUT2D eigenvalue weighted by atomic mass is 35.5. The molecule has 16 heteroatoms. The Labute approximate surface area is 314 Å². The lowest BCUT2D eigenvalue weighted by Crippen LogP contribution is -2.59. The number of pyridine rings is 1. The summed E-state index contributed by atoms with van der Waals surface area (Å²) < 4.78 is 43.2. The van der Waals surface area contributed by atoms with Gasteiger partial charge in [-0.15, -0.1) is 0 Å². The highest BCUT2D eigenvalue weighted by molar-refractivity contribution is 6.32. The van der Waals surface area contributed by atoms with E-state index in [1.54, 1.807) is 20.6 Å². The lowest BCUT2D eigenvalue weighted by atomic mass is 9.95. The number of phenols is 1. The topological polar surface area (TPSA) is 130 Å². The number of aromatic nitrogens is 3. The number of amides is 3. The van der Waals surface area contributed by atoms with Crippen LogP contribution >= 0.6 is 11.6 Å². The highest BCUT2D eigenvalue weighted by Gasteiger charge is 2.42. The van der Waals surface area contributed by atoms with Gasteiger partial charge < -0.3 is 30.1 Å². The number of hydrogen-bond donors (Lipinski definition) is 3. The summed E-state index contributed by atoms with van der Waals surface area (Å²) >= 11 is 6.04. The highest BCUT2D eigenvalue weighted by Crippen LogP contribution is 2.41. The number of aromatic hydroxyl groups is 1. The van der Waals surface area contributed by atoms with E-state index < -0.39 is 34.6 Å². The van der Waals surface area contributed by atoms with Crippen LogP contribution in [0.1, 0.15) is 55.7 Å². The molecule has 288 valence electrons. The molecule has 3 unspecified atom stereocenters. The van der Waals surface area contributed by atoms with E-state index in [0.29, 0.717) is 68.2 Å². The van der Waals surface area contributed by atoms with E-state index in [0.717, 1.165) is 29.8 Å². The second-order valence-corrected chi connectivity index (χ2v) is 15.7. The molecule has 0 radical (unpaired) electrons. The van der Waals surface area contributed by atoms with E-state index in [4.69, 9.17) is 11.6 Å². The summed E-state index contributed by atoms with van der Waals surface area (Å²) in [4.78, 5) is 56.9. The molecular formula is C38H44ClF3N8O4. The molecule has 0 aliphatic carbocycles. The van der Waals surface area contributed by atoms with Gasteiger partial charge in [-0.1, -0.05) is 29.8 Å². The maximum absolute atomic E-state index is 14.2. The molecule has 3 amide bonds. The van der Waals surface area contributed by atoms with Crippen LogP contribution in [-0.4, -0.2) is 122 Å². The number of piperidine rings is 2. The third kappa shape index (κ3) is 6.90. The summed E-state index contributed by atoms with van der Waals surface area (Å²) in [5, 5.41) is 13.3. The molecule has 4 saturated heterocycles. The number of carbonyl (C=O) groups excluding carboxylic acids is 2. The number of likely N-dealkylation sites (tertiary alicyclic amines) is 1. The molecule has 0 saturated carbocycles. The van der Waals surface area contributed by atoms with E-state index in [9.17, 15) is 32.7 Å². The van der Waals surface area contributed by atoms with Crippen LogP contribution < -0.4 is 11.0 Å². The number of aromatic amines is 1. The number of piperazine rings is 1. The summed E-state index contributed by atoms with van der Waals surface area (Å²) in [5.41, 5.74) is 0.648. The molecule has 4 aliphatic rings. The minimum atomic E-state index is -4.88. The molecule has 4 aromatic rings. The first kappa shape index (κ1) is 36.6. The van der Waals surface area contributed by atoms with Gasteiger partial charge in [0.15, 0.2) is 0 Å². The Hall–Kier alpha value is -4.34. The van der Waals surface area contributed by atoms with Crippen molar-refractivity contribution < 1.29 is 27.9 Å². The summed E-state index contributed by atoms with van der Waals surface area (Å²) in [6.07, 6.45) is 2.10. The van der Waals surface area contributed by atoms with Gasteiger partial charge in [-0.3, -0.25) is 19.2 Å². The minimum absolute atomic E-state index is 0.0581. The second kappa shape index (κ2) is 14.4. The molecule has 4 fully saturated rings. The molecule has 2 aromatic carbocycles. The second-order valence-electron chi connectivity index (χ2n) is 15.3. The molecule has 4 aliphatic heterocycles. The lowest BCUT2D eigenvalue weighted by Gasteiger charge is -2.45. The minimum Gasteiger partial charge on any atom is -0.506 e. The van der Waals surface area contributed by atoms with Crippen molar-refractivity contribution in [3.63, 3.8) is 0 Å². The SMILES string of the molecule is CN1C2CCC1CC(N1CCN(C(=O)C(Cc3cc(Cl)c(O)c(C(F)(F)F)c3)NC(=O)N3CCC(n4c(=O)[nH]c5c6ccccc6ncc54)CC3)CC1)C2. The molecule has 2 aromatic heterocycles.